The van der Waals surface area contributed by atoms with E-state index >= 15 is 0 Å². The van der Waals surface area contributed by atoms with Crippen LogP contribution in [0.5, 0.6) is 0 Å². The Balaban J connectivity index is 1.87. The predicted molar refractivity (Wildman–Crippen MR) is 107 cm³/mol. The molecule has 0 bridgehead atoms. The van der Waals surface area contributed by atoms with Gasteiger partial charge in [-0.15, -0.1) is 0 Å². The number of hydrogen-bond acceptors (Lipinski definition) is 3. The number of fused-ring (bicyclic) bond motifs is 1. The third-order valence-corrected chi connectivity index (χ3v) is 5.83. The quantitative estimate of drug-likeness (QED) is 0.704. The molecule has 6 heteroatoms. The second-order valence-corrected chi connectivity index (χ2v) is 7.90. The molecule has 1 unspecified atom stereocenters. The van der Waals surface area contributed by atoms with Gasteiger partial charge in [0.1, 0.15) is 11.6 Å². The average Bonchev–Trinajstić information content (AvgIpc) is 3.00. The van der Waals surface area contributed by atoms with Gasteiger partial charge >= 0.3 is 5.97 Å². The van der Waals surface area contributed by atoms with E-state index in [1.54, 1.807) is 6.92 Å². The van der Waals surface area contributed by atoms with Crippen molar-refractivity contribution in [2.24, 2.45) is 0 Å². The second kappa shape index (κ2) is 8.19. The number of halogens is 2. The van der Waals surface area contributed by atoms with Crippen LogP contribution in [0.2, 0.25) is 10.0 Å². The van der Waals surface area contributed by atoms with E-state index in [0.29, 0.717) is 23.2 Å². The van der Waals surface area contributed by atoms with Gasteiger partial charge < -0.3 is 9.84 Å². The molecule has 0 saturated carbocycles. The summed E-state index contributed by atoms with van der Waals surface area (Å²) < 4.78 is 6.35. The van der Waals surface area contributed by atoms with Crippen LogP contribution in [0.1, 0.15) is 36.5 Å². The number of carboxylic acids is 1. The van der Waals surface area contributed by atoms with Crippen molar-refractivity contribution in [1.82, 2.24) is 4.90 Å². The van der Waals surface area contributed by atoms with Gasteiger partial charge in [0, 0.05) is 10.0 Å². The van der Waals surface area contributed by atoms with Crippen LogP contribution in [0.25, 0.3) is 0 Å². The van der Waals surface area contributed by atoms with E-state index in [1.165, 1.54) is 0 Å². The Morgan fingerprint density at radius 2 is 1.89 bits per heavy atom. The number of hydrogen-bond donors (Lipinski definition) is 1. The van der Waals surface area contributed by atoms with Gasteiger partial charge in [-0.1, -0.05) is 41.4 Å². The SMILES string of the molecule is C[C@@H](C(=O)O)N(C)CCCC1(c2ccc(Cl)cc2)OCc2cc(Cl)ccc21. The van der Waals surface area contributed by atoms with Crippen molar-refractivity contribution in [2.75, 3.05) is 13.6 Å². The van der Waals surface area contributed by atoms with Crippen LogP contribution in [0.15, 0.2) is 42.5 Å². The molecule has 3 rings (SSSR count). The first-order valence-corrected chi connectivity index (χ1v) is 9.71. The molecule has 0 fully saturated rings. The summed E-state index contributed by atoms with van der Waals surface area (Å²) in [6.07, 6.45) is 1.53. The summed E-state index contributed by atoms with van der Waals surface area (Å²) in [6.45, 7) is 2.86. The molecular weight excluding hydrogens is 385 g/mol. The minimum absolute atomic E-state index is 0.500. The first kappa shape index (κ1) is 20.2. The Labute approximate surface area is 169 Å². The van der Waals surface area contributed by atoms with Gasteiger partial charge in [0.2, 0.25) is 0 Å². The number of nitrogens with zero attached hydrogens (tertiary/aromatic N) is 1. The predicted octanol–water partition coefficient (Wildman–Crippen LogP) is 4.95. The van der Waals surface area contributed by atoms with Gasteiger partial charge in [0.15, 0.2) is 0 Å². The summed E-state index contributed by atoms with van der Waals surface area (Å²) in [4.78, 5) is 13.0. The molecule has 1 aliphatic rings. The van der Waals surface area contributed by atoms with Crippen molar-refractivity contribution in [3.05, 3.63) is 69.2 Å². The molecule has 0 amide bonds. The molecular formula is C21H23Cl2NO3. The molecule has 0 aliphatic carbocycles. The maximum absolute atomic E-state index is 11.2. The van der Waals surface area contributed by atoms with Gasteiger partial charge in [-0.05, 0) is 74.3 Å². The van der Waals surface area contributed by atoms with Crippen LogP contribution >= 0.6 is 23.2 Å². The normalized spacial score (nSPS) is 19.9. The topological polar surface area (TPSA) is 49.8 Å². The number of benzene rings is 2. The molecule has 144 valence electrons. The number of likely N-dealkylation sites (N-methyl/N-ethyl adjacent to an activating group) is 1. The smallest absolute Gasteiger partial charge is 0.320 e. The molecule has 0 saturated heterocycles. The van der Waals surface area contributed by atoms with Crippen molar-refractivity contribution in [1.29, 1.82) is 0 Å². The van der Waals surface area contributed by atoms with Crippen molar-refractivity contribution in [2.45, 2.75) is 38.0 Å². The highest BCUT2D eigenvalue weighted by Crippen LogP contribution is 2.46. The molecule has 2 aromatic carbocycles. The van der Waals surface area contributed by atoms with Crippen LogP contribution in [-0.2, 0) is 21.7 Å². The van der Waals surface area contributed by atoms with Gasteiger partial charge in [-0.25, -0.2) is 0 Å². The Morgan fingerprint density at radius 3 is 2.56 bits per heavy atom. The van der Waals surface area contributed by atoms with Crippen LogP contribution in [0.4, 0.5) is 0 Å². The van der Waals surface area contributed by atoms with Gasteiger partial charge in [-0.3, -0.25) is 9.69 Å². The summed E-state index contributed by atoms with van der Waals surface area (Å²) >= 11 is 12.2. The lowest BCUT2D eigenvalue weighted by Gasteiger charge is -2.32. The highest BCUT2D eigenvalue weighted by atomic mass is 35.5. The molecule has 0 aromatic heterocycles. The standard InChI is InChI=1S/C21H23Cl2NO3/c1-14(20(25)26)24(2)11-3-10-21(16-4-6-17(22)7-5-16)19-9-8-18(23)12-15(19)13-27-21/h4-9,12,14H,3,10-11,13H2,1-2H3,(H,25,26)/t14-,21?/m0/s1. The molecule has 1 heterocycles. The zero-order chi connectivity index (χ0) is 19.6. The lowest BCUT2D eigenvalue weighted by atomic mass is 9.82. The highest BCUT2D eigenvalue weighted by Gasteiger charge is 2.41. The van der Waals surface area contributed by atoms with E-state index in [9.17, 15) is 9.90 Å². The van der Waals surface area contributed by atoms with E-state index in [2.05, 4.69) is 0 Å². The Hall–Kier alpha value is -1.59. The largest absolute Gasteiger partial charge is 0.480 e. The molecule has 4 nitrogen and oxygen atoms in total. The molecule has 2 atom stereocenters. The number of rotatable bonds is 7. The highest BCUT2D eigenvalue weighted by molar-refractivity contribution is 6.30. The summed E-state index contributed by atoms with van der Waals surface area (Å²) in [5, 5.41) is 10.6. The first-order valence-electron chi connectivity index (χ1n) is 8.95. The summed E-state index contributed by atoms with van der Waals surface area (Å²) in [5.41, 5.74) is 2.67. The van der Waals surface area contributed by atoms with E-state index < -0.39 is 17.6 Å². The van der Waals surface area contributed by atoms with Crippen molar-refractivity contribution in [3.8, 4) is 0 Å². The first-order chi connectivity index (χ1) is 12.8. The van der Waals surface area contributed by atoms with E-state index in [1.807, 2.05) is 54.4 Å². The Bertz CT molecular complexity index is 825. The van der Waals surface area contributed by atoms with Gasteiger partial charge in [0.25, 0.3) is 0 Å². The van der Waals surface area contributed by atoms with Crippen LogP contribution < -0.4 is 0 Å². The monoisotopic (exact) mass is 407 g/mol. The fraction of sp³-hybridized carbons (Fsp3) is 0.381. The minimum Gasteiger partial charge on any atom is -0.480 e. The maximum atomic E-state index is 11.2. The molecule has 27 heavy (non-hydrogen) atoms. The van der Waals surface area contributed by atoms with E-state index in [0.717, 1.165) is 29.5 Å². The molecule has 1 aliphatic heterocycles. The van der Waals surface area contributed by atoms with E-state index in [4.69, 9.17) is 27.9 Å². The number of ether oxygens (including phenoxy) is 1. The fourth-order valence-electron chi connectivity index (χ4n) is 3.62. The number of carboxylic acid groups (broad SMARTS) is 1. The fourth-order valence-corrected chi connectivity index (χ4v) is 3.94. The zero-order valence-electron chi connectivity index (χ0n) is 15.4. The third kappa shape index (κ3) is 4.14. The summed E-state index contributed by atoms with van der Waals surface area (Å²) in [6, 6.07) is 13.1. The van der Waals surface area contributed by atoms with Crippen LogP contribution in [0, 0.1) is 0 Å². The molecule has 1 N–H and O–H groups in total. The maximum Gasteiger partial charge on any atom is 0.320 e. The molecule has 0 radical (unpaired) electrons. The second-order valence-electron chi connectivity index (χ2n) is 7.02. The molecule has 2 aromatic rings. The van der Waals surface area contributed by atoms with Crippen molar-refractivity contribution < 1.29 is 14.6 Å². The Kier molecular flexibility index (Phi) is 6.11. The van der Waals surface area contributed by atoms with E-state index in [-0.39, 0.29) is 0 Å². The average molecular weight is 408 g/mol. The van der Waals surface area contributed by atoms with Crippen LogP contribution in [-0.4, -0.2) is 35.6 Å². The van der Waals surface area contributed by atoms with Crippen LogP contribution in [0.3, 0.4) is 0 Å². The summed E-state index contributed by atoms with van der Waals surface area (Å²) in [7, 11) is 1.83. The van der Waals surface area contributed by atoms with Gasteiger partial charge in [-0.2, -0.15) is 0 Å². The number of carbonyl (C=O) groups is 1. The minimum atomic E-state index is -0.818. The lowest BCUT2D eigenvalue weighted by molar-refractivity contribution is -0.142. The number of aliphatic carboxylic acids is 1. The van der Waals surface area contributed by atoms with Crippen molar-refractivity contribution >= 4 is 29.2 Å². The molecule has 0 spiro atoms. The lowest BCUT2D eigenvalue weighted by Crippen LogP contribution is -2.37. The third-order valence-electron chi connectivity index (χ3n) is 5.35. The zero-order valence-corrected chi connectivity index (χ0v) is 16.9. The van der Waals surface area contributed by atoms with Gasteiger partial charge in [0.05, 0.1) is 6.61 Å². The summed E-state index contributed by atoms with van der Waals surface area (Å²) in [5.74, 6) is -0.818. The Morgan fingerprint density at radius 1 is 1.22 bits per heavy atom. The van der Waals surface area contributed by atoms with Crippen molar-refractivity contribution in [3.63, 3.8) is 0 Å².